The highest BCUT2D eigenvalue weighted by atomic mass is 31.2. The Hall–Kier alpha value is -2.88. The lowest BCUT2D eigenvalue weighted by atomic mass is 10.2. The number of para-hydroxylation sites is 2. The molecule has 0 aliphatic carbocycles. The van der Waals surface area contributed by atoms with Crippen LogP contribution in [0.1, 0.15) is 11.1 Å². The highest BCUT2D eigenvalue weighted by Crippen LogP contribution is 2.53. The first-order valence-electron chi connectivity index (χ1n) is 8.83. The van der Waals surface area contributed by atoms with Crippen LogP contribution >= 0.6 is 7.37 Å². The van der Waals surface area contributed by atoms with Gasteiger partial charge in [0.1, 0.15) is 0 Å². The van der Waals surface area contributed by atoms with Crippen LogP contribution in [0.3, 0.4) is 0 Å². The Morgan fingerprint density at radius 1 is 0.786 bits per heavy atom. The molecule has 6 heteroatoms. The molecular weight excluding hydrogens is 375 g/mol. The van der Waals surface area contributed by atoms with Crippen molar-refractivity contribution < 1.29 is 23.7 Å². The molecule has 0 spiro atoms. The van der Waals surface area contributed by atoms with Gasteiger partial charge in [0.15, 0.2) is 18.1 Å². The van der Waals surface area contributed by atoms with Crippen molar-refractivity contribution in [2.45, 2.75) is 12.3 Å². The third kappa shape index (κ3) is 5.81. The monoisotopic (exact) mass is 396 g/mol. The molecule has 1 N–H and O–H groups in total. The van der Waals surface area contributed by atoms with Gasteiger partial charge in [0.05, 0.1) is 12.3 Å². The number of phenols is 1. The van der Waals surface area contributed by atoms with Crippen LogP contribution in [0.25, 0.3) is 0 Å². The van der Waals surface area contributed by atoms with Crippen LogP contribution in [0.15, 0.2) is 84.9 Å². The summed E-state index contributed by atoms with van der Waals surface area (Å²) in [5.74, 6) is -0.826. The van der Waals surface area contributed by atoms with E-state index in [1.165, 1.54) is 12.1 Å². The van der Waals surface area contributed by atoms with Gasteiger partial charge in [-0.1, -0.05) is 72.8 Å². The highest BCUT2D eigenvalue weighted by molar-refractivity contribution is 7.57. The number of carbonyl (C=O) groups is 1. The van der Waals surface area contributed by atoms with Gasteiger partial charge < -0.3 is 14.4 Å². The Morgan fingerprint density at radius 2 is 1.29 bits per heavy atom. The maximum atomic E-state index is 13.5. The van der Waals surface area contributed by atoms with Crippen LogP contribution in [-0.2, 0) is 26.2 Å². The molecule has 0 unspecified atom stereocenters. The predicted molar refractivity (Wildman–Crippen MR) is 108 cm³/mol. The smallest absolute Gasteiger partial charge is 0.338 e. The Bertz CT molecular complexity index is 911. The number of benzene rings is 3. The average Bonchev–Trinajstić information content (AvgIpc) is 2.70. The largest absolute Gasteiger partial charge is 0.504 e. The molecule has 0 bridgehead atoms. The Kier molecular flexibility index (Phi) is 6.64. The second-order valence-electron chi connectivity index (χ2n) is 6.32. The number of hydrogen-bond acceptors (Lipinski definition) is 5. The van der Waals surface area contributed by atoms with E-state index >= 15 is 0 Å². The topological polar surface area (TPSA) is 72.8 Å². The standard InChI is InChI=1S/C22H21O5P/c23-20-13-7-8-14-21(20)27-22(24)15-26-28(25,16-18-9-3-1-4-10-18)17-19-11-5-2-6-12-19/h1-14,23H,15-17H2. The van der Waals surface area contributed by atoms with Crippen LogP contribution in [-0.4, -0.2) is 17.7 Å². The third-order valence-electron chi connectivity index (χ3n) is 4.04. The molecule has 0 aliphatic heterocycles. The number of aromatic hydroxyl groups is 1. The number of carbonyl (C=O) groups excluding carboxylic acids is 1. The third-order valence-corrected chi connectivity index (χ3v) is 6.33. The Morgan fingerprint density at radius 3 is 1.82 bits per heavy atom. The molecule has 5 nitrogen and oxygen atoms in total. The van der Waals surface area contributed by atoms with Crippen molar-refractivity contribution >= 4 is 13.3 Å². The van der Waals surface area contributed by atoms with Crippen LogP contribution < -0.4 is 4.74 Å². The van der Waals surface area contributed by atoms with E-state index in [1.807, 2.05) is 60.7 Å². The first-order chi connectivity index (χ1) is 13.5. The molecule has 0 heterocycles. The maximum absolute atomic E-state index is 13.5. The van der Waals surface area contributed by atoms with Gasteiger partial charge >= 0.3 is 5.97 Å². The van der Waals surface area contributed by atoms with Crippen molar-refractivity contribution in [1.82, 2.24) is 0 Å². The second kappa shape index (κ2) is 9.36. The molecule has 28 heavy (non-hydrogen) atoms. The first-order valence-corrected chi connectivity index (χ1v) is 10.8. The van der Waals surface area contributed by atoms with E-state index in [0.29, 0.717) is 0 Å². The van der Waals surface area contributed by atoms with E-state index < -0.39 is 19.9 Å². The molecule has 0 fully saturated rings. The van der Waals surface area contributed by atoms with Crippen LogP contribution in [0.2, 0.25) is 0 Å². The van der Waals surface area contributed by atoms with Gasteiger partial charge in [-0.25, -0.2) is 4.79 Å². The van der Waals surface area contributed by atoms with Gasteiger partial charge in [0, 0.05) is 0 Å². The lowest BCUT2D eigenvalue weighted by Crippen LogP contribution is -2.15. The molecule has 0 radical (unpaired) electrons. The summed E-state index contributed by atoms with van der Waals surface area (Å²) < 4.78 is 24.2. The van der Waals surface area contributed by atoms with E-state index in [2.05, 4.69) is 0 Å². The molecule has 0 saturated heterocycles. The lowest BCUT2D eigenvalue weighted by Gasteiger charge is -2.19. The summed E-state index contributed by atoms with van der Waals surface area (Å²) in [6, 6.07) is 24.9. The number of esters is 1. The Balaban J connectivity index is 1.70. The fraction of sp³-hybridized carbons (Fsp3) is 0.136. The molecule has 144 valence electrons. The van der Waals surface area contributed by atoms with Gasteiger partial charge in [-0.2, -0.15) is 0 Å². The molecular formula is C22H21O5P. The van der Waals surface area contributed by atoms with Crippen LogP contribution in [0, 0.1) is 0 Å². The predicted octanol–water partition coefficient (Wildman–Crippen LogP) is 4.99. The first kappa shape index (κ1) is 19.9. The van der Waals surface area contributed by atoms with Crippen molar-refractivity contribution in [3.63, 3.8) is 0 Å². The minimum Gasteiger partial charge on any atom is -0.504 e. The molecule has 0 amide bonds. The quantitative estimate of drug-likeness (QED) is 0.330. The summed E-state index contributed by atoms with van der Waals surface area (Å²) in [6.07, 6.45) is 0.430. The Labute approximate surface area is 164 Å². The number of hydrogen-bond donors (Lipinski definition) is 1. The SMILES string of the molecule is O=C(COP(=O)(Cc1ccccc1)Cc1ccccc1)Oc1ccccc1O. The van der Waals surface area contributed by atoms with E-state index in [0.717, 1.165) is 11.1 Å². The summed E-state index contributed by atoms with van der Waals surface area (Å²) in [6.45, 7) is -0.467. The molecule has 0 atom stereocenters. The zero-order valence-electron chi connectivity index (χ0n) is 15.2. The zero-order valence-corrected chi connectivity index (χ0v) is 16.1. The van der Waals surface area contributed by atoms with Gasteiger partial charge in [0.25, 0.3) is 0 Å². The van der Waals surface area contributed by atoms with Gasteiger partial charge in [-0.3, -0.25) is 4.57 Å². The van der Waals surface area contributed by atoms with Gasteiger partial charge in [-0.15, -0.1) is 0 Å². The summed E-state index contributed by atoms with van der Waals surface area (Å²) in [5, 5.41) is 9.70. The van der Waals surface area contributed by atoms with Gasteiger partial charge in [0.2, 0.25) is 7.37 Å². The van der Waals surface area contributed by atoms with E-state index in [-0.39, 0.29) is 23.8 Å². The number of phenolic OH excluding ortho intramolecular Hbond substituents is 1. The zero-order chi connectivity index (χ0) is 19.8. The molecule has 3 aromatic rings. The van der Waals surface area contributed by atoms with Crippen molar-refractivity contribution in [2.24, 2.45) is 0 Å². The molecule has 3 aromatic carbocycles. The summed E-state index contributed by atoms with van der Waals surface area (Å²) in [7, 11) is -3.20. The van der Waals surface area contributed by atoms with Crippen LogP contribution in [0.4, 0.5) is 0 Å². The lowest BCUT2D eigenvalue weighted by molar-refractivity contribution is -0.136. The normalized spacial score (nSPS) is 11.1. The molecule has 0 aliphatic rings. The van der Waals surface area contributed by atoms with E-state index in [4.69, 9.17) is 9.26 Å². The number of rotatable bonds is 8. The van der Waals surface area contributed by atoms with Crippen molar-refractivity contribution in [2.75, 3.05) is 6.61 Å². The minimum atomic E-state index is -3.20. The van der Waals surface area contributed by atoms with Crippen molar-refractivity contribution in [1.29, 1.82) is 0 Å². The average molecular weight is 396 g/mol. The van der Waals surface area contributed by atoms with Crippen LogP contribution in [0.5, 0.6) is 11.5 Å². The summed E-state index contributed by atoms with van der Waals surface area (Å²) >= 11 is 0. The second-order valence-corrected chi connectivity index (χ2v) is 8.84. The van der Waals surface area contributed by atoms with E-state index in [9.17, 15) is 14.5 Å². The van der Waals surface area contributed by atoms with Gasteiger partial charge in [-0.05, 0) is 23.3 Å². The summed E-state index contributed by atoms with van der Waals surface area (Å²) in [4.78, 5) is 12.1. The fourth-order valence-corrected chi connectivity index (χ4v) is 4.91. The molecule has 0 aromatic heterocycles. The van der Waals surface area contributed by atoms with Crippen molar-refractivity contribution in [3.05, 3.63) is 96.1 Å². The highest BCUT2D eigenvalue weighted by Gasteiger charge is 2.26. The molecule has 3 rings (SSSR count). The number of ether oxygens (including phenoxy) is 1. The summed E-state index contributed by atoms with van der Waals surface area (Å²) in [5.41, 5.74) is 1.74. The van der Waals surface area contributed by atoms with Crippen molar-refractivity contribution in [3.8, 4) is 11.5 Å². The van der Waals surface area contributed by atoms with E-state index in [1.54, 1.807) is 12.1 Å². The maximum Gasteiger partial charge on any atom is 0.338 e. The fourth-order valence-electron chi connectivity index (χ4n) is 2.74. The molecule has 0 saturated carbocycles. The minimum absolute atomic E-state index is 0.0389.